The molecule has 1 atom stereocenters. The Morgan fingerprint density at radius 1 is 1.00 bits per heavy atom. The van der Waals surface area contributed by atoms with E-state index in [4.69, 9.17) is 0 Å². The lowest BCUT2D eigenvalue weighted by molar-refractivity contribution is 0.931. The molecule has 0 bridgehead atoms. The Labute approximate surface area is 133 Å². The van der Waals surface area contributed by atoms with E-state index in [1.165, 1.54) is 11.6 Å². The Morgan fingerprint density at radius 2 is 1.64 bits per heavy atom. The molecule has 0 aliphatic carbocycles. The SMILES string of the molecule is C[C@H](Sc1nc(-c2ccccc2)cc(=O)[nH]1)c1ccccc1. The molecule has 0 saturated carbocycles. The molecule has 3 nitrogen and oxygen atoms in total. The van der Waals surface area contributed by atoms with Crippen LogP contribution in [0.1, 0.15) is 17.7 Å². The standard InChI is InChI=1S/C18H16N2OS/c1-13(14-8-4-2-5-9-14)22-18-19-16(12-17(21)20-18)15-10-6-3-7-11-15/h2-13H,1H3,(H,19,20,21)/t13-/m0/s1. The monoisotopic (exact) mass is 308 g/mol. The van der Waals surface area contributed by atoms with Crippen molar-refractivity contribution in [3.63, 3.8) is 0 Å². The first-order valence-electron chi connectivity index (χ1n) is 7.11. The molecule has 1 aromatic heterocycles. The van der Waals surface area contributed by atoms with Crippen molar-refractivity contribution >= 4 is 11.8 Å². The molecule has 0 aliphatic rings. The van der Waals surface area contributed by atoms with Crippen molar-refractivity contribution in [2.45, 2.75) is 17.3 Å². The topological polar surface area (TPSA) is 45.8 Å². The van der Waals surface area contributed by atoms with Gasteiger partial charge in [0.2, 0.25) is 0 Å². The molecular weight excluding hydrogens is 292 g/mol. The van der Waals surface area contributed by atoms with E-state index < -0.39 is 0 Å². The third-order valence-electron chi connectivity index (χ3n) is 3.35. The van der Waals surface area contributed by atoms with E-state index in [-0.39, 0.29) is 10.8 Å². The van der Waals surface area contributed by atoms with Crippen LogP contribution in [0.2, 0.25) is 0 Å². The molecule has 1 heterocycles. The summed E-state index contributed by atoms with van der Waals surface area (Å²) in [6.07, 6.45) is 0. The highest BCUT2D eigenvalue weighted by atomic mass is 32.2. The normalized spacial score (nSPS) is 12.0. The van der Waals surface area contributed by atoms with Gasteiger partial charge in [-0.25, -0.2) is 4.98 Å². The smallest absolute Gasteiger partial charge is 0.252 e. The molecule has 0 aliphatic heterocycles. The van der Waals surface area contributed by atoms with Gasteiger partial charge in [-0.3, -0.25) is 4.79 Å². The van der Waals surface area contributed by atoms with Gasteiger partial charge in [0, 0.05) is 16.9 Å². The summed E-state index contributed by atoms with van der Waals surface area (Å²) < 4.78 is 0. The van der Waals surface area contributed by atoms with Crippen LogP contribution in [-0.2, 0) is 0 Å². The van der Waals surface area contributed by atoms with Crippen molar-refractivity contribution in [3.05, 3.63) is 82.6 Å². The highest BCUT2D eigenvalue weighted by molar-refractivity contribution is 7.99. The Morgan fingerprint density at radius 3 is 2.32 bits per heavy atom. The minimum Gasteiger partial charge on any atom is -0.301 e. The maximum Gasteiger partial charge on any atom is 0.252 e. The molecule has 3 rings (SSSR count). The number of hydrogen-bond acceptors (Lipinski definition) is 3. The Bertz CT molecular complexity index is 800. The predicted octanol–water partition coefficient (Wildman–Crippen LogP) is 4.29. The zero-order valence-electron chi connectivity index (χ0n) is 12.2. The van der Waals surface area contributed by atoms with Gasteiger partial charge in [-0.1, -0.05) is 72.4 Å². The van der Waals surface area contributed by atoms with E-state index in [2.05, 4.69) is 29.0 Å². The second-order valence-electron chi connectivity index (χ2n) is 4.97. The average molecular weight is 308 g/mol. The molecule has 3 aromatic rings. The van der Waals surface area contributed by atoms with Gasteiger partial charge in [0.05, 0.1) is 5.69 Å². The molecule has 0 fully saturated rings. The van der Waals surface area contributed by atoms with Crippen LogP contribution in [0.5, 0.6) is 0 Å². The maximum atomic E-state index is 11.9. The average Bonchev–Trinajstić information content (AvgIpc) is 2.56. The van der Waals surface area contributed by atoms with Crippen LogP contribution in [-0.4, -0.2) is 9.97 Å². The second kappa shape index (κ2) is 6.62. The van der Waals surface area contributed by atoms with Crippen LogP contribution in [0.3, 0.4) is 0 Å². The molecule has 22 heavy (non-hydrogen) atoms. The van der Waals surface area contributed by atoms with Gasteiger partial charge in [0.1, 0.15) is 0 Å². The number of nitrogens with zero attached hydrogens (tertiary/aromatic N) is 1. The van der Waals surface area contributed by atoms with Crippen LogP contribution < -0.4 is 5.56 Å². The molecule has 0 amide bonds. The number of thioether (sulfide) groups is 1. The van der Waals surface area contributed by atoms with Gasteiger partial charge < -0.3 is 4.98 Å². The van der Waals surface area contributed by atoms with Crippen LogP contribution >= 0.6 is 11.8 Å². The molecule has 4 heteroatoms. The summed E-state index contributed by atoms with van der Waals surface area (Å²) in [5, 5.41) is 0.859. The van der Waals surface area contributed by atoms with Crippen molar-refractivity contribution < 1.29 is 0 Å². The predicted molar refractivity (Wildman–Crippen MR) is 91.0 cm³/mol. The van der Waals surface area contributed by atoms with Gasteiger partial charge in [-0.2, -0.15) is 0 Å². The van der Waals surface area contributed by atoms with Crippen molar-refractivity contribution in [3.8, 4) is 11.3 Å². The van der Waals surface area contributed by atoms with Gasteiger partial charge in [-0.05, 0) is 12.5 Å². The first kappa shape index (κ1) is 14.6. The molecule has 1 N–H and O–H groups in total. The third kappa shape index (κ3) is 3.46. The summed E-state index contributed by atoms with van der Waals surface area (Å²) in [6, 6.07) is 21.5. The van der Waals surface area contributed by atoms with E-state index in [9.17, 15) is 4.79 Å². The van der Waals surface area contributed by atoms with Crippen molar-refractivity contribution in [1.29, 1.82) is 0 Å². The Kier molecular flexibility index (Phi) is 4.39. The van der Waals surface area contributed by atoms with E-state index >= 15 is 0 Å². The molecule has 0 radical (unpaired) electrons. The van der Waals surface area contributed by atoms with Crippen LogP contribution in [0, 0.1) is 0 Å². The number of nitrogens with one attached hydrogen (secondary N) is 1. The molecule has 0 saturated heterocycles. The second-order valence-corrected chi connectivity index (χ2v) is 6.30. The summed E-state index contributed by atoms with van der Waals surface area (Å²) in [7, 11) is 0. The van der Waals surface area contributed by atoms with E-state index in [0.29, 0.717) is 10.9 Å². The summed E-state index contributed by atoms with van der Waals surface area (Å²) in [6.45, 7) is 2.11. The van der Waals surface area contributed by atoms with Crippen LogP contribution in [0.4, 0.5) is 0 Å². The van der Waals surface area contributed by atoms with Crippen molar-refractivity contribution in [2.24, 2.45) is 0 Å². The Balaban J connectivity index is 1.89. The van der Waals surface area contributed by atoms with Crippen LogP contribution in [0.25, 0.3) is 11.3 Å². The quantitative estimate of drug-likeness (QED) is 0.577. The van der Waals surface area contributed by atoms with Crippen molar-refractivity contribution in [1.82, 2.24) is 9.97 Å². The fourth-order valence-electron chi connectivity index (χ4n) is 2.21. The maximum absolute atomic E-state index is 11.9. The fourth-order valence-corrected chi connectivity index (χ4v) is 3.15. The Hall–Kier alpha value is -2.33. The minimum absolute atomic E-state index is 0.128. The third-order valence-corrected chi connectivity index (χ3v) is 4.39. The number of hydrogen-bond donors (Lipinski definition) is 1. The zero-order chi connectivity index (χ0) is 15.4. The van der Waals surface area contributed by atoms with Gasteiger partial charge >= 0.3 is 0 Å². The van der Waals surface area contributed by atoms with E-state index in [1.807, 2.05) is 48.5 Å². The summed E-state index contributed by atoms with van der Waals surface area (Å²) in [5.41, 5.74) is 2.73. The highest BCUT2D eigenvalue weighted by Crippen LogP contribution is 2.32. The summed E-state index contributed by atoms with van der Waals surface area (Å²) in [5.74, 6) is 0. The van der Waals surface area contributed by atoms with E-state index in [0.717, 1.165) is 5.56 Å². The molecule has 2 aromatic carbocycles. The van der Waals surface area contributed by atoms with Gasteiger partial charge in [0.15, 0.2) is 5.16 Å². The number of H-pyrrole nitrogens is 1. The number of rotatable bonds is 4. The van der Waals surface area contributed by atoms with E-state index in [1.54, 1.807) is 11.8 Å². The lowest BCUT2D eigenvalue weighted by Crippen LogP contribution is -2.08. The molecule has 0 unspecified atom stereocenters. The lowest BCUT2D eigenvalue weighted by Gasteiger charge is -2.11. The largest absolute Gasteiger partial charge is 0.301 e. The fraction of sp³-hybridized carbons (Fsp3) is 0.111. The molecule has 0 spiro atoms. The number of aromatic amines is 1. The number of aromatic nitrogens is 2. The first-order chi connectivity index (χ1) is 10.7. The van der Waals surface area contributed by atoms with Gasteiger partial charge in [0.25, 0.3) is 5.56 Å². The zero-order valence-corrected chi connectivity index (χ0v) is 13.0. The minimum atomic E-state index is -0.128. The van der Waals surface area contributed by atoms with Crippen LogP contribution in [0.15, 0.2) is 76.7 Å². The van der Waals surface area contributed by atoms with Crippen molar-refractivity contribution in [2.75, 3.05) is 0 Å². The molecular formula is C18H16N2OS. The summed E-state index contributed by atoms with van der Waals surface area (Å²) in [4.78, 5) is 19.3. The lowest BCUT2D eigenvalue weighted by atomic mass is 10.1. The number of benzene rings is 2. The summed E-state index contributed by atoms with van der Waals surface area (Å²) >= 11 is 1.55. The molecule has 110 valence electrons. The highest BCUT2D eigenvalue weighted by Gasteiger charge is 2.10. The van der Waals surface area contributed by atoms with Gasteiger partial charge in [-0.15, -0.1) is 0 Å². The first-order valence-corrected chi connectivity index (χ1v) is 7.99.